The first kappa shape index (κ1) is 14.5. The van der Waals surface area contributed by atoms with Gasteiger partial charge >= 0.3 is 0 Å². The number of rotatable bonds is 4. The lowest BCUT2D eigenvalue weighted by Crippen LogP contribution is -2.20. The molecule has 0 aliphatic rings. The second-order valence-corrected chi connectivity index (χ2v) is 6.56. The molecule has 1 aromatic heterocycles. The molecular formula is C14H18BrN3S. The van der Waals surface area contributed by atoms with E-state index in [2.05, 4.69) is 45.0 Å². The van der Waals surface area contributed by atoms with Gasteiger partial charge in [-0.2, -0.15) is 0 Å². The highest BCUT2D eigenvalue weighted by Gasteiger charge is 2.13. The van der Waals surface area contributed by atoms with Gasteiger partial charge in [0.1, 0.15) is 0 Å². The second kappa shape index (κ2) is 6.03. The normalized spacial score (nSPS) is 12.5. The summed E-state index contributed by atoms with van der Waals surface area (Å²) in [7, 11) is 2.09. The number of nitrogens with zero attached hydrogens (tertiary/aromatic N) is 2. The van der Waals surface area contributed by atoms with E-state index >= 15 is 0 Å². The summed E-state index contributed by atoms with van der Waals surface area (Å²) in [5, 5.41) is 0. The van der Waals surface area contributed by atoms with Crippen LogP contribution < -0.4 is 10.6 Å². The number of benzene rings is 1. The van der Waals surface area contributed by atoms with Crippen LogP contribution in [0.1, 0.15) is 29.1 Å². The smallest absolute Gasteiger partial charge is 0.0798 e. The van der Waals surface area contributed by atoms with E-state index in [-0.39, 0.29) is 6.04 Å². The molecule has 3 nitrogen and oxygen atoms in total. The first-order chi connectivity index (χ1) is 8.99. The van der Waals surface area contributed by atoms with E-state index in [1.54, 1.807) is 11.3 Å². The molecule has 102 valence electrons. The van der Waals surface area contributed by atoms with Gasteiger partial charge in [-0.15, -0.1) is 11.3 Å². The first-order valence-corrected chi connectivity index (χ1v) is 7.81. The van der Waals surface area contributed by atoms with Crippen LogP contribution in [0, 0.1) is 6.92 Å². The fraction of sp³-hybridized carbons (Fsp3) is 0.357. The summed E-state index contributed by atoms with van der Waals surface area (Å²) >= 11 is 5.22. The highest BCUT2D eigenvalue weighted by atomic mass is 79.9. The Hall–Kier alpha value is -0.910. The van der Waals surface area contributed by atoms with Gasteiger partial charge in [0, 0.05) is 28.1 Å². The maximum atomic E-state index is 6.05. The molecule has 19 heavy (non-hydrogen) atoms. The zero-order chi connectivity index (χ0) is 14.0. The molecule has 0 amide bonds. The molecule has 0 bridgehead atoms. The number of anilines is 1. The Morgan fingerprint density at radius 1 is 1.47 bits per heavy atom. The minimum atomic E-state index is 0.0214. The number of aryl methyl sites for hydroxylation is 1. The van der Waals surface area contributed by atoms with Crippen molar-refractivity contribution in [3.05, 3.63) is 44.3 Å². The molecule has 0 spiro atoms. The minimum Gasteiger partial charge on any atom is -0.369 e. The molecule has 5 heteroatoms. The SMILES string of the molecule is Cc1ncsc1CN(C)c1cc(Br)ccc1C(C)N. The fourth-order valence-electron chi connectivity index (χ4n) is 2.01. The Bertz CT molecular complexity index is 566. The monoisotopic (exact) mass is 339 g/mol. The molecule has 1 unspecified atom stereocenters. The molecule has 0 radical (unpaired) electrons. The lowest BCUT2D eigenvalue weighted by molar-refractivity contribution is 0.801. The van der Waals surface area contributed by atoms with Crippen molar-refractivity contribution in [3.63, 3.8) is 0 Å². The van der Waals surface area contributed by atoms with Crippen molar-refractivity contribution in [2.45, 2.75) is 26.4 Å². The quantitative estimate of drug-likeness (QED) is 0.919. The number of nitrogens with two attached hydrogens (primary N) is 1. The van der Waals surface area contributed by atoms with Crippen molar-refractivity contribution >= 4 is 33.0 Å². The summed E-state index contributed by atoms with van der Waals surface area (Å²) in [5.74, 6) is 0. The van der Waals surface area contributed by atoms with Gasteiger partial charge in [-0.3, -0.25) is 0 Å². The molecule has 2 N–H and O–H groups in total. The number of halogens is 1. The van der Waals surface area contributed by atoms with Crippen molar-refractivity contribution in [2.75, 3.05) is 11.9 Å². The second-order valence-electron chi connectivity index (χ2n) is 4.71. The summed E-state index contributed by atoms with van der Waals surface area (Å²) in [6.07, 6.45) is 0. The van der Waals surface area contributed by atoms with Crippen LogP contribution in [-0.2, 0) is 6.54 Å². The largest absolute Gasteiger partial charge is 0.369 e. The standard InChI is InChI=1S/C14H18BrN3S/c1-9(16)12-5-4-11(15)6-13(12)18(3)7-14-10(2)17-8-19-14/h4-6,8-9H,7,16H2,1-3H3. The van der Waals surface area contributed by atoms with Crippen molar-refractivity contribution in [1.29, 1.82) is 0 Å². The van der Waals surface area contributed by atoms with Gasteiger partial charge in [-0.05, 0) is 31.5 Å². The van der Waals surface area contributed by atoms with Gasteiger partial charge in [0.15, 0.2) is 0 Å². The van der Waals surface area contributed by atoms with Gasteiger partial charge in [0.05, 0.1) is 17.7 Å². The summed E-state index contributed by atoms with van der Waals surface area (Å²) < 4.78 is 1.07. The van der Waals surface area contributed by atoms with Crippen molar-refractivity contribution in [2.24, 2.45) is 5.73 Å². The number of hydrogen-bond donors (Lipinski definition) is 1. The Morgan fingerprint density at radius 2 is 2.21 bits per heavy atom. The molecule has 0 aliphatic heterocycles. The van der Waals surface area contributed by atoms with Crippen LogP contribution >= 0.6 is 27.3 Å². The van der Waals surface area contributed by atoms with Crippen LogP contribution in [-0.4, -0.2) is 12.0 Å². The van der Waals surface area contributed by atoms with E-state index in [1.807, 2.05) is 25.4 Å². The Morgan fingerprint density at radius 3 is 2.79 bits per heavy atom. The van der Waals surface area contributed by atoms with Gasteiger partial charge in [-0.25, -0.2) is 4.98 Å². The Balaban J connectivity index is 2.30. The van der Waals surface area contributed by atoms with E-state index in [4.69, 9.17) is 5.73 Å². The predicted molar refractivity (Wildman–Crippen MR) is 85.7 cm³/mol. The molecule has 1 heterocycles. The third-order valence-corrected chi connectivity index (χ3v) is 4.53. The molecule has 0 fully saturated rings. The topological polar surface area (TPSA) is 42.2 Å². The van der Waals surface area contributed by atoms with E-state index in [0.29, 0.717) is 0 Å². The Kier molecular flexibility index (Phi) is 4.60. The van der Waals surface area contributed by atoms with Gasteiger partial charge in [-0.1, -0.05) is 22.0 Å². The summed E-state index contributed by atoms with van der Waals surface area (Å²) in [5.41, 5.74) is 11.4. The number of hydrogen-bond acceptors (Lipinski definition) is 4. The molecular weight excluding hydrogens is 322 g/mol. The molecule has 0 saturated heterocycles. The summed E-state index contributed by atoms with van der Waals surface area (Å²) in [6.45, 7) is 4.91. The Labute approximate surface area is 126 Å². The van der Waals surface area contributed by atoms with Crippen molar-refractivity contribution in [3.8, 4) is 0 Å². The molecule has 0 saturated carbocycles. The first-order valence-electron chi connectivity index (χ1n) is 6.14. The van der Waals surface area contributed by atoms with Crippen LogP contribution in [0.5, 0.6) is 0 Å². The minimum absolute atomic E-state index is 0.0214. The predicted octanol–water partition coefficient (Wildman–Crippen LogP) is 3.87. The van der Waals surface area contributed by atoms with Crippen LogP contribution in [0.25, 0.3) is 0 Å². The zero-order valence-electron chi connectivity index (χ0n) is 11.4. The highest BCUT2D eigenvalue weighted by Crippen LogP contribution is 2.29. The van der Waals surface area contributed by atoms with Crippen LogP contribution in [0.3, 0.4) is 0 Å². The summed E-state index contributed by atoms with van der Waals surface area (Å²) in [4.78, 5) is 7.81. The van der Waals surface area contributed by atoms with E-state index < -0.39 is 0 Å². The molecule has 2 aromatic rings. The molecule has 1 atom stereocenters. The fourth-order valence-corrected chi connectivity index (χ4v) is 3.19. The van der Waals surface area contributed by atoms with Crippen molar-refractivity contribution < 1.29 is 0 Å². The average Bonchev–Trinajstić information content (AvgIpc) is 2.74. The lowest BCUT2D eigenvalue weighted by atomic mass is 10.1. The molecule has 0 aliphatic carbocycles. The maximum Gasteiger partial charge on any atom is 0.0798 e. The third kappa shape index (κ3) is 3.35. The van der Waals surface area contributed by atoms with Crippen LogP contribution in [0.2, 0.25) is 0 Å². The maximum absolute atomic E-state index is 6.05. The molecule has 1 aromatic carbocycles. The van der Waals surface area contributed by atoms with Crippen molar-refractivity contribution in [1.82, 2.24) is 4.98 Å². The van der Waals surface area contributed by atoms with Gasteiger partial charge in [0.2, 0.25) is 0 Å². The van der Waals surface area contributed by atoms with Crippen LogP contribution in [0.4, 0.5) is 5.69 Å². The van der Waals surface area contributed by atoms with Gasteiger partial charge in [0.25, 0.3) is 0 Å². The number of thiazole rings is 1. The van der Waals surface area contributed by atoms with E-state index in [9.17, 15) is 0 Å². The van der Waals surface area contributed by atoms with E-state index in [1.165, 1.54) is 4.88 Å². The molecule has 2 rings (SSSR count). The van der Waals surface area contributed by atoms with Crippen LogP contribution in [0.15, 0.2) is 28.2 Å². The third-order valence-electron chi connectivity index (χ3n) is 3.12. The lowest BCUT2D eigenvalue weighted by Gasteiger charge is -2.24. The van der Waals surface area contributed by atoms with Gasteiger partial charge < -0.3 is 10.6 Å². The number of aromatic nitrogens is 1. The van der Waals surface area contributed by atoms with E-state index in [0.717, 1.165) is 28.0 Å². The average molecular weight is 340 g/mol. The summed E-state index contributed by atoms with van der Waals surface area (Å²) in [6, 6.07) is 6.26. The highest BCUT2D eigenvalue weighted by molar-refractivity contribution is 9.10. The zero-order valence-corrected chi connectivity index (χ0v) is 13.8.